The molecule has 1 unspecified atom stereocenters. The lowest BCUT2D eigenvalue weighted by molar-refractivity contribution is -0.144. The molecule has 0 radical (unpaired) electrons. The third-order valence-electron chi connectivity index (χ3n) is 10.4. The lowest BCUT2D eigenvalue weighted by Crippen LogP contribution is -2.53. The lowest BCUT2D eigenvalue weighted by atomic mass is 9.59. The summed E-state index contributed by atoms with van der Waals surface area (Å²) in [6.07, 6.45) is 9.04. The van der Waals surface area contributed by atoms with Crippen molar-refractivity contribution in [3.8, 4) is 5.75 Å². The summed E-state index contributed by atoms with van der Waals surface area (Å²) in [4.78, 5) is 17.4. The van der Waals surface area contributed by atoms with Gasteiger partial charge in [0.2, 0.25) is 0 Å². The Balaban J connectivity index is 1.19. The minimum absolute atomic E-state index is 0.0136. The fraction of sp³-hybridized carbons (Fsp3) is 0.500. The van der Waals surface area contributed by atoms with Gasteiger partial charge in [-0.15, -0.1) is 0 Å². The Labute approximate surface area is 255 Å². The monoisotopic (exact) mass is 586 g/mol. The maximum Gasteiger partial charge on any atom is 0.329 e. The van der Waals surface area contributed by atoms with Crippen LogP contribution < -0.4 is 10.1 Å². The zero-order valence-corrected chi connectivity index (χ0v) is 25.8. The fourth-order valence-corrected chi connectivity index (χ4v) is 8.63. The van der Waals surface area contributed by atoms with Gasteiger partial charge in [0.1, 0.15) is 11.3 Å². The zero-order valence-electron chi connectivity index (χ0n) is 25.0. The number of carboxylic acid groups (broad SMARTS) is 1. The second kappa shape index (κ2) is 11.6. The average molecular weight is 587 g/mol. The molecule has 0 bridgehead atoms. The molecule has 0 amide bonds. The normalized spacial score (nSPS) is 29.0. The molecular formula is C36H43ClN2O3. The Hall–Kier alpha value is -3.05. The highest BCUT2D eigenvalue weighted by molar-refractivity contribution is 6.30. The molecule has 1 fully saturated rings. The van der Waals surface area contributed by atoms with Crippen LogP contribution in [-0.4, -0.2) is 28.2 Å². The van der Waals surface area contributed by atoms with E-state index < -0.39 is 11.5 Å². The first-order valence-electron chi connectivity index (χ1n) is 15.7. The molecule has 2 aromatic carbocycles. The zero-order chi connectivity index (χ0) is 29.5. The number of hydrogen-bond donors (Lipinski definition) is 2. The van der Waals surface area contributed by atoms with Gasteiger partial charge in [-0.3, -0.25) is 4.98 Å². The highest BCUT2D eigenvalue weighted by Crippen LogP contribution is 2.56. The van der Waals surface area contributed by atoms with E-state index in [4.69, 9.17) is 21.3 Å². The first-order chi connectivity index (χ1) is 20.2. The summed E-state index contributed by atoms with van der Waals surface area (Å²) in [6, 6.07) is 18.3. The molecule has 0 saturated heterocycles. The molecule has 3 aliphatic rings. The van der Waals surface area contributed by atoms with Crippen LogP contribution >= 0.6 is 11.6 Å². The van der Waals surface area contributed by atoms with Crippen molar-refractivity contribution in [3.05, 3.63) is 88.2 Å². The van der Waals surface area contributed by atoms with Crippen LogP contribution in [0, 0.1) is 17.8 Å². The van der Waals surface area contributed by atoms with E-state index in [0.29, 0.717) is 48.1 Å². The molecule has 6 heteroatoms. The molecule has 2 N–H and O–H groups in total. The van der Waals surface area contributed by atoms with Gasteiger partial charge in [0, 0.05) is 28.2 Å². The molecule has 222 valence electrons. The van der Waals surface area contributed by atoms with Gasteiger partial charge in [-0.25, -0.2) is 4.79 Å². The van der Waals surface area contributed by atoms with Crippen molar-refractivity contribution in [2.75, 3.05) is 11.9 Å². The number of pyridine rings is 1. The van der Waals surface area contributed by atoms with Crippen molar-refractivity contribution in [2.45, 2.75) is 89.0 Å². The number of nitrogens with zero attached hydrogens (tertiary/aromatic N) is 1. The maximum absolute atomic E-state index is 12.7. The molecule has 3 aromatic rings. The van der Waals surface area contributed by atoms with Gasteiger partial charge in [0.05, 0.1) is 6.61 Å². The summed E-state index contributed by atoms with van der Waals surface area (Å²) in [5.74, 6) is 2.17. The second-order valence-electron chi connectivity index (χ2n) is 13.5. The molecule has 1 saturated carbocycles. The number of carboxylic acids is 1. The van der Waals surface area contributed by atoms with E-state index in [9.17, 15) is 9.90 Å². The van der Waals surface area contributed by atoms with E-state index in [1.165, 1.54) is 28.8 Å². The summed E-state index contributed by atoms with van der Waals surface area (Å²) in [6.45, 7) is 7.59. The topological polar surface area (TPSA) is 71.5 Å². The Morgan fingerprint density at radius 3 is 2.64 bits per heavy atom. The molecule has 1 spiro atoms. The van der Waals surface area contributed by atoms with Crippen molar-refractivity contribution in [2.24, 2.45) is 17.8 Å². The van der Waals surface area contributed by atoms with Gasteiger partial charge in [-0.2, -0.15) is 0 Å². The number of aromatic nitrogens is 1. The van der Waals surface area contributed by atoms with Gasteiger partial charge in [-0.1, -0.05) is 62.7 Å². The second-order valence-corrected chi connectivity index (χ2v) is 13.9. The number of anilines is 1. The van der Waals surface area contributed by atoms with Crippen LogP contribution in [0.3, 0.4) is 0 Å². The molecule has 1 heterocycles. The predicted octanol–water partition coefficient (Wildman–Crippen LogP) is 8.45. The number of ether oxygens (including phenoxy) is 1. The number of nitrogens with one attached hydrogen (secondary N) is 1. The smallest absolute Gasteiger partial charge is 0.329 e. The molecular weight excluding hydrogens is 544 g/mol. The first-order valence-corrected chi connectivity index (χ1v) is 16.0. The number of aliphatic carboxylic acids is 1. The van der Waals surface area contributed by atoms with Crippen molar-refractivity contribution < 1.29 is 14.6 Å². The first kappa shape index (κ1) is 29.0. The summed E-state index contributed by atoms with van der Waals surface area (Å²) < 4.78 is 6.54. The molecule has 1 aromatic heterocycles. The molecule has 4 atom stereocenters. The van der Waals surface area contributed by atoms with E-state index in [0.717, 1.165) is 43.5 Å². The third-order valence-corrected chi connectivity index (χ3v) is 10.7. The van der Waals surface area contributed by atoms with Crippen molar-refractivity contribution in [1.82, 2.24) is 4.98 Å². The number of fused-ring (bicyclic) bond motifs is 3. The van der Waals surface area contributed by atoms with Crippen LogP contribution in [0.1, 0.15) is 87.6 Å². The Bertz CT molecular complexity index is 1450. The largest absolute Gasteiger partial charge is 0.493 e. The average Bonchev–Trinajstić information content (AvgIpc) is 3.25. The highest BCUT2D eigenvalue weighted by atomic mass is 35.5. The van der Waals surface area contributed by atoms with Crippen molar-refractivity contribution in [1.29, 1.82) is 0 Å². The van der Waals surface area contributed by atoms with E-state index in [1.807, 2.05) is 36.5 Å². The Kier molecular flexibility index (Phi) is 7.99. The van der Waals surface area contributed by atoms with Gasteiger partial charge < -0.3 is 15.2 Å². The van der Waals surface area contributed by atoms with Crippen molar-refractivity contribution >= 4 is 23.3 Å². The summed E-state index contributed by atoms with van der Waals surface area (Å²) >= 11 is 6.22. The van der Waals surface area contributed by atoms with E-state index in [2.05, 4.69) is 50.4 Å². The van der Waals surface area contributed by atoms with Crippen LogP contribution in [0.5, 0.6) is 5.75 Å². The van der Waals surface area contributed by atoms with Crippen LogP contribution in [0.4, 0.5) is 5.69 Å². The van der Waals surface area contributed by atoms with E-state index >= 15 is 0 Å². The molecule has 5 nitrogen and oxygen atoms in total. The molecule has 42 heavy (non-hydrogen) atoms. The molecule has 3 aliphatic carbocycles. The Morgan fingerprint density at radius 1 is 1.10 bits per heavy atom. The predicted molar refractivity (Wildman–Crippen MR) is 169 cm³/mol. The number of benzene rings is 2. The van der Waals surface area contributed by atoms with Gasteiger partial charge in [-0.05, 0) is 116 Å². The van der Waals surface area contributed by atoms with E-state index in [-0.39, 0.29) is 5.41 Å². The highest BCUT2D eigenvalue weighted by Gasteiger charge is 2.54. The SMILES string of the molecule is C[C@@H](COc1ccnc2c1[C@@H](C)C[C@@H](C)C2)CC1Cc2ccccc2C12CCC(Nc1cccc(Cl)c1)(C(=O)O)CC2. The maximum atomic E-state index is 12.7. The molecule has 6 rings (SSSR count). The summed E-state index contributed by atoms with van der Waals surface area (Å²) in [5.41, 5.74) is 5.10. The van der Waals surface area contributed by atoms with E-state index in [1.54, 1.807) is 0 Å². The number of rotatable bonds is 8. The minimum Gasteiger partial charge on any atom is -0.493 e. The Morgan fingerprint density at radius 2 is 1.88 bits per heavy atom. The van der Waals surface area contributed by atoms with Gasteiger partial charge in [0.15, 0.2) is 0 Å². The van der Waals surface area contributed by atoms with Crippen LogP contribution in [0.15, 0.2) is 60.8 Å². The summed E-state index contributed by atoms with van der Waals surface area (Å²) in [5, 5.41) is 14.4. The number of halogens is 1. The standard InChI is InChI=1S/C36H43ClN2O3/c1-23-17-25(3)33-31(19-23)38-16-11-32(33)42-22-24(2)18-27-20-26-7-4-5-10-30(26)35(27)12-14-36(15-13-35,34(40)41)39-29-9-6-8-28(37)21-29/h4-11,16,21,23-25,27,39H,12-15,17-20,22H2,1-3H3,(H,40,41)/t23-,24-,25+,27?,35?,36?/m1/s1. The molecule has 0 aliphatic heterocycles. The summed E-state index contributed by atoms with van der Waals surface area (Å²) in [7, 11) is 0. The van der Waals surface area contributed by atoms with Crippen LogP contribution in [0.2, 0.25) is 5.02 Å². The van der Waals surface area contributed by atoms with Crippen molar-refractivity contribution in [3.63, 3.8) is 0 Å². The fourth-order valence-electron chi connectivity index (χ4n) is 8.44. The number of carbonyl (C=O) groups is 1. The quantitative estimate of drug-likeness (QED) is 0.277. The minimum atomic E-state index is -0.999. The number of hydrogen-bond acceptors (Lipinski definition) is 4. The third kappa shape index (κ3) is 5.41. The van der Waals surface area contributed by atoms with Crippen LogP contribution in [0.25, 0.3) is 0 Å². The van der Waals surface area contributed by atoms with Crippen LogP contribution in [-0.2, 0) is 23.1 Å². The van der Waals surface area contributed by atoms with Gasteiger partial charge in [0.25, 0.3) is 0 Å². The lowest BCUT2D eigenvalue weighted by Gasteiger charge is -2.47. The van der Waals surface area contributed by atoms with Gasteiger partial charge >= 0.3 is 5.97 Å².